The summed E-state index contributed by atoms with van der Waals surface area (Å²) in [5.74, 6) is 0.915. The van der Waals surface area contributed by atoms with E-state index in [2.05, 4.69) is 24.1 Å². The van der Waals surface area contributed by atoms with E-state index < -0.39 is 0 Å². The van der Waals surface area contributed by atoms with Crippen LogP contribution in [0.3, 0.4) is 0 Å². The molecule has 0 spiro atoms. The van der Waals surface area contributed by atoms with Gasteiger partial charge in [0.15, 0.2) is 0 Å². The van der Waals surface area contributed by atoms with Gasteiger partial charge in [-0.2, -0.15) is 0 Å². The van der Waals surface area contributed by atoms with Crippen LogP contribution in [0, 0.1) is 5.92 Å². The molecule has 0 aromatic rings. The summed E-state index contributed by atoms with van der Waals surface area (Å²) in [6.07, 6.45) is 8.72. The molecule has 0 radical (unpaired) electrons. The summed E-state index contributed by atoms with van der Waals surface area (Å²) in [4.78, 5) is 2.64. The lowest BCUT2D eigenvalue weighted by Gasteiger charge is -2.45. The molecule has 3 nitrogen and oxygen atoms in total. The van der Waals surface area contributed by atoms with Crippen molar-refractivity contribution < 1.29 is 4.74 Å². The van der Waals surface area contributed by atoms with Crippen LogP contribution in [-0.4, -0.2) is 48.8 Å². The van der Waals surface area contributed by atoms with E-state index in [9.17, 15) is 0 Å². The third-order valence-corrected chi connectivity index (χ3v) is 5.47. The van der Waals surface area contributed by atoms with E-state index in [4.69, 9.17) is 4.74 Å². The van der Waals surface area contributed by atoms with Gasteiger partial charge in [0.05, 0.1) is 12.7 Å². The second-order valence-electron chi connectivity index (χ2n) is 7.17. The highest BCUT2D eigenvalue weighted by atomic mass is 16.5. The smallest absolute Gasteiger partial charge is 0.0597 e. The minimum Gasteiger partial charge on any atom is -0.377 e. The van der Waals surface area contributed by atoms with Crippen LogP contribution in [0.2, 0.25) is 0 Å². The first-order chi connectivity index (χ1) is 9.17. The summed E-state index contributed by atoms with van der Waals surface area (Å²) >= 11 is 0. The molecule has 2 atom stereocenters. The van der Waals surface area contributed by atoms with Crippen LogP contribution in [0.1, 0.15) is 52.4 Å². The number of ether oxygens (including phenoxy) is 1. The zero-order valence-electron chi connectivity index (χ0n) is 12.7. The fourth-order valence-corrected chi connectivity index (χ4v) is 3.83. The van der Waals surface area contributed by atoms with Crippen LogP contribution in [-0.2, 0) is 4.74 Å². The Balaban J connectivity index is 1.45. The van der Waals surface area contributed by atoms with E-state index >= 15 is 0 Å². The average molecular weight is 266 g/mol. The molecule has 1 saturated heterocycles. The number of nitrogens with zero attached hydrogens (tertiary/aromatic N) is 1. The zero-order valence-corrected chi connectivity index (χ0v) is 12.7. The Hall–Kier alpha value is -0.120. The van der Waals surface area contributed by atoms with Crippen molar-refractivity contribution in [3.8, 4) is 0 Å². The molecular formula is C16H30N2O. The van der Waals surface area contributed by atoms with Gasteiger partial charge in [0.2, 0.25) is 0 Å². The molecule has 3 heteroatoms. The number of hydrogen-bond donors (Lipinski definition) is 1. The van der Waals surface area contributed by atoms with Crippen LogP contribution in [0.15, 0.2) is 0 Å². The predicted molar refractivity (Wildman–Crippen MR) is 78.4 cm³/mol. The lowest BCUT2D eigenvalue weighted by Crippen LogP contribution is -2.63. The minimum atomic E-state index is 0.361. The maximum atomic E-state index is 6.04. The van der Waals surface area contributed by atoms with Crippen molar-refractivity contribution in [1.82, 2.24) is 10.2 Å². The van der Waals surface area contributed by atoms with Crippen molar-refractivity contribution in [2.45, 2.75) is 70.1 Å². The largest absolute Gasteiger partial charge is 0.377 e. The third kappa shape index (κ3) is 3.32. The maximum Gasteiger partial charge on any atom is 0.0597 e. The highest BCUT2D eigenvalue weighted by Gasteiger charge is 2.45. The third-order valence-electron chi connectivity index (χ3n) is 5.47. The van der Waals surface area contributed by atoms with Crippen molar-refractivity contribution in [3.63, 3.8) is 0 Å². The molecule has 0 amide bonds. The van der Waals surface area contributed by atoms with Crippen molar-refractivity contribution in [1.29, 1.82) is 0 Å². The summed E-state index contributed by atoms with van der Waals surface area (Å²) in [5, 5.41) is 3.79. The fourth-order valence-electron chi connectivity index (χ4n) is 3.83. The number of nitrogens with one attached hydrogen (secondary N) is 1. The SMILES string of the molecule is CC1CNC(C)(C2CC2)CN1CCOC1CCCC1. The molecule has 3 fully saturated rings. The van der Waals surface area contributed by atoms with E-state index in [1.807, 2.05) is 0 Å². The standard InChI is InChI=1S/C16H30N2O/c1-13-11-17-16(2,14-7-8-14)12-18(13)9-10-19-15-5-3-4-6-15/h13-15,17H,3-12H2,1-2H3. The number of hydrogen-bond acceptors (Lipinski definition) is 3. The van der Waals surface area contributed by atoms with Gasteiger partial charge in [0.1, 0.15) is 0 Å². The first kappa shape index (κ1) is 13.8. The Morgan fingerprint density at radius 1 is 1.21 bits per heavy atom. The molecule has 0 aromatic carbocycles. The summed E-state index contributed by atoms with van der Waals surface area (Å²) in [6.45, 7) is 9.14. The van der Waals surface area contributed by atoms with Gasteiger partial charge in [0.25, 0.3) is 0 Å². The van der Waals surface area contributed by atoms with Crippen molar-refractivity contribution in [2.24, 2.45) is 5.92 Å². The Morgan fingerprint density at radius 2 is 1.95 bits per heavy atom. The molecule has 1 heterocycles. The Labute approximate surface area is 118 Å². The predicted octanol–water partition coefficient (Wildman–Crippen LogP) is 2.41. The van der Waals surface area contributed by atoms with Crippen LogP contribution in [0.4, 0.5) is 0 Å². The van der Waals surface area contributed by atoms with Gasteiger partial charge < -0.3 is 10.1 Å². The zero-order chi connectivity index (χ0) is 13.3. The molecule has 19 heavy (non-hydrogen) atoms. The first-order valence-corrected chi connectivity index (χ1v) is 8.28. The van der Waals surface area contributed by atoms with E-state index in [1.54, 1.807) is 0 Å². The summed E-state index contributed by atoms with van der Waals surface area (Å²) in [7, 11) is 0. The summed E-state index contributed by atoms with van der Waals surface area (Å²) < 4.78 is 6.04. The van der Waals surface area contributed by atoms with Crippen molar-refractivity contribution in [2.75, 3.05) is 26.2 Å². The molecule has 0 bridgehead atoms. The van der Waals surface area contributed by atoms with Gasteiger partial charge >= 0.3 is 0 Å². The summed E-state index contributed by atoms with van der Waals surface area (Å²) in [6, 6.07) is 0.652. The van der Waals surface area contributed by atoms with Crippen molar-refractivity contribution >= 4 is 0 Å². The average Bonchev–Trinajstić information content (AvgIpc) is 3.14. The molecule has 1 aliphatic heterocycles. The van der Waals surface area contributed by atoms with Crippen LogP contribution < -0.4 is 5.32 Å². The molecule has 3 rings (SSSR count). The normalized spacial score (nSPS) is 37.9. The van der Waals surface area contributed by atoms with Gasteiger partial charge in [-0.05, 0) is 45.4 Å². The first-order valence-electron chi connectivity index (χ1n) is 8.28. The molecule has 1 N–H and O–H groups in total. The quantitative estimate of drug-likeness (QED) is 0.827. The topological polar surface area (TPSA) is 24.5 Å². The van der Waals surface area contributed by atoms with E-state index in [-0.39, 0.29) is 0 Å². The second kappa shape index (κ2) is 5.71. The van der Waals surface area contributed by atoms with Gasteiger partial charge in [-0.1, -0.05) is 12.8 Å². The van der Waals surface area contributed by atoms with E-state index in [1.165, 1.54) is 45.1 Å². The van der Waals surface area contributed by atoms with Gasteiger partial charge in [-0.15, -0.1) is 0 Å². The fraction of sp³-hybridized carbons (Fsp3) is 1.00. The molecule has 2 unspecified atom stereocenters. The lowest BCUT2D eigenvalue weighted by atomic mass is 9.91. The van der Waals surface area contributed by atoms with Gasteiger partial charge in [0, 0.05) is 31.2 Å². The minimum absolute atomic E-state index is 0.361. The Morgan fingerprint density at radius 3 is 2.63 bits per heavy atom. The Bertz CT molecular complexity index is 299. The Kier molecular flexibility index (Phi) is 4.16. The van der Waals surface area contributed by atoms with E-state index in [0.29, 0.717) is 17.7 Å². The maximum absolute atomic E-state index is 6.04. The van der Waals surface area contributed by atoms with Crippen molar-refractivity contribution in [3.05, 3.63) is 0 Å². The molecule has 2 saturated carbocycles. The van der Waals surface area contributed by atoms with Crippen LogP contribution >= 0.6 is 0 Å². The molecule has 110 valence electrons. The molecule has 3 aliphatic rings. The van der Waals surface area contributed by atoms with Gasteiger partial charge in [-0.25, -0.2) is 0 Å². The highest BCUT2D eigenvalue weighted by molar-refractivity contribution is 5.03. The highest BCUT2D eigenvalue weighted by Crippen LogP contribution is 2.41. The summed E-state index contributed by atoms with van der Waals surface area (Å²) in [5.41, 5.74) is 0.361. The van der Waals surface area contributed by atoms with Gasteiger partial charge in [-0.3, -0.25) is 4.90 Å². The molecule has 0 aromatic heterocycles. The number of rotatable bonds is 5. The second-order valence-corrected chi connectivity index (χ2v) is 7.17. The van der Waals surface area contributed by atoms with E-state index in [0.717, 1.165) is 25.6 Å². The lowest BCUT2D eigenvalue weighted by molar-refractivity contribution is 0.0139. The van der Waals surface area contributed by atoms with Crippen LogP contribution in [0.5, 0.6) is 0 Å². The van der Waals surface area contributed by atoms with Crippen LogP contribution in [0.25, 0.3) is 0 Å². The molecule has 2 aliphatic carbocycles. The number of piperazine rings is 1. The molecular weight excluding hydrogens is 236 g/mol. The monoisotopic (exact) mass is 266 g/mol.